The van der Waals surface area contributed by atoms with Crippen molar-refractivity contribution in [3.63, 3.8) is 0 Å². The van der Waals surface area contributed by atoms with E-state index < -0.39 is 0 Å². The largest absolute Gasteiger partial charge is 0.303 e. The molecule has 0 N–H and O–H groups in total. The van der Waals surface area contributed by atoms with Gasteiger partial charge in [-0.3, -0.25) is 4.79 Å². The van der Waals surface area contributed by atoms with Gasteiger partial charge in [0.05, 0.1) is 5.52 Å². The van der Waals surface area contributed by atoms with E-state index in [0.29, 0.717) is 12.2 Å². The van der Waals surface area contributed by atoms with Gasteiger partial charge >= 0.3 is 0 Å². The number of rotatable bonds is 3. The van der Waals surface area contributed by atoms with E-state index in [2.05, 4.69) is 16.9 Å². The molecule has 5 heteroatoms. The molecular weight excluding hydrogens is 226 g/mol. The lowest BCUT2D eigenvalue weighted by Gasteiger charge is -2.08. The number of pyridine rings is 1. The third-order valence-electron chi connectivity index (χ3n) is 2.42. The molecule has 2 rings (SSSR count). The van der Waals surface area contributed by atoms with E-state index in [9.17, 15) is 4.79 Å². The van der Waals surface area contributed by atoms with E-state index in [1.54, 1.807) is 16.8 Å². The lowest BCUT2D eigenvalue weighted by Crippen LogP contribution is -2.22. The topological polar surface area (TPSA) is 47.8 Å². The summed E-state index contributed by atoms with van der Waals surface area (Å²) in [6.45, 7) is 2.73. The minimum Gasteiger partial charge on any atom is -0.303 e. The van der Waals surface area contributed by atoms with Gasteiger partial charge in [0.25, 0.3) is 5.56 Å². The molecule has 0 spiro atoms. The van der Waals surface area contributed by atoms with Crippen molar-refractivity contribution in [2.24, 2.45) is 0 Å². The van der Waals surface area contributed by atoms with Gasteiger partial charge in [-0.25, -0.2) is 9.97 Å². The van der Waals surface area contributed by atoms with Gasteiger partial charge in [0.15, 0.2) is 10.8 Å². The summed E-state index contributed by atoms with van der Waals surface area (Å²) >= 11 is 5.79. The molecule has 0 amide bonds. The minimum absolute atomic E-state index is 0.0118. The van der Waals surface area contributed by atoms with E-state index in [1.165, 1.54) is 0 Å². The molecule has 2 aromatic rings. The fourth-order valence-corrected chi connectivity index (χ4v) is 1.77. The van der Waals surface area contributed by atoms with Crippen LogP contribution in [0.4, 0.5) is 0 Å². The first kappa shape index (κ1) is 11.1. The highest BCUT2D eigenvalue weighted by Gasteiger charge is 2.08. The number of hydrogen-bond acceptors (Lipinski definition) is 3. The van der Waals surface area contributed by atoms with E-state index in [4.69, 9.17) is 11.6 Å². The summed E-state index contributed by atoms with van der Waals surface area (Å²) in [6, 6.07) is 3.63. The van der Waals surface area contributed by atoms with Gasteiger partial charge in [-0.05, 0) is 18.6 Å². The number of fused-ring (bicyclic) bond motifs is 1. The van der Waals surface area contributed by atoms with Gasteiger partial charge < -0.3 is 4.57 Å². The van der Waals surface area contributed by atoms with Crippen molar-refractivity contribution in [3.05, 3.63) is 33.8 Å². The summed E-state index contributed by atoms with van der Waals surface area (Å²) in [4.78, 5) is 19.9. The highest BCUT2D eigenvalue weighted by molar-refractivity contribution is 6.29. The lowest BCUT2D eigenvalue weighted by molar-refractivity contribution is 0.628. The standard InChI is InChI=1S/C11H12ClN3O/c1-2-3-7-15-8-5-4-6-13-10(8)14-9(12)11(15)16/h4-6H,2-3,7H2,1H3. The van der Waals surface area contributed by atoms with Crippen LogP contribution in [0, 0.1) is 0 Å². The van der Waals surface area contributed by atoms with Crippen LogP contribution in [0.2, 0.25) is 5.15 Å². The zero-order valence-electron chi connectivity index (χ0n) is 8.98. The lowest BCUT2D eigenvalue weighted by atomic mass is 10.3. The second-order valence-corrected chi connectivity index (χ2v) is 3.92. The first-order valence-corrected chi connectivity index (χ1v) is 5.63. The Morgan fingerprint density at radius 2 is 2.31 bits per heavy atom. The van der Waals surface area contributed by atoms with Crippen LogP contribution in [0.25, 0.3) is 11.2 Å². The van der Waals surface area contributed by atoms with Crippen LogP contribution >= 0.6 is 11.6 Å². The molecule has 0 radical (unpaired) electrons. The summed E-state index contributed by atoms with van der Waals surface area (Å²) in [5.74, 6) is 0. The van der Waals surface area contributed by atoms with E-state index >= 15 is 0 Å². The predicted octanol–water partition coefficient (Wildman–Crippen LogP) is 2.25. The van der Waals surface area contributed by atoms with Crippen LogP contribution in [0.5, 0.6) is 0 Å². The fourth-order valence-electron chi connectivity index (χ4n) is 1.59. The van der Waals surface area contributed by atoms with Crippen molar-refractivity contribution in [2.75, 3.05) is 0 Å². The summed E-state index contributed by atoms with van der Waals surface area (Å²) in [5.41, 5.74) is 1.02. The Bertz CT molecular complexity index is 565. The molecule has 16 heavy (non-hydrogen) atoms. The first-order valence-electron chi connectivity index (χ1n) is 5.25. The average Bonchev–Trinajstić information content (AvgIpc) is 2.30. The van der Waals surface area contributed by atoms with Crippen LogP contribution in [0.15, 0.2) is 23.1 Å². The molecule has 0 aliphatic heterocycles. The Labute approximate surface area is 97.9 Å². The van der Waals surface area contributed by atoms with Crippen molar-refractivity contribution < 1.29 is 0 Å². The zero-order valence-corrected chi connectivity index (χ0v) is 9.74. The maximum absolute atomic E-state index is 11.8. The zero-order chi connectivity index (χ0) is 11.5. The Morgan fingerprint density at radius 3 is 3.06 bits per heavy atom. The van der Waals surface area contributed by atoms with Crippen molar-refractivity contribution in [1.29, 1.82) is 0 Å². The monoisotopic (exact) mass is 237 g/mol. The Balaban J connectivity index is 2.66. The molecule has 0 unspecified atom stereocenters. The maximum Gasteiger partial charge on any atom is 0.288 e. The fraction of sp³-hybridized carbons (Fsp3) is 0.364. The van der Waals surface area contributed by atoms with Crippen LogP contribution in [-0.2, 0) is 6.54 Å². The van der Waals surface area contributed by atoms with Crippen LogP contribution < -0.4 is 5.56 Å². The molecule has 0 aliphatic carbocycles. The average molecular weight is 238 g/mol. The molecule has 84 valence electrons. The summed E-state index contributed by atoms with van der Waals surface area (Å²) in [6.07, 6.45) is 3.60. The highest BCUT2D eigenvalue weighted by atomic mass is 35.5. The maximum atomic E-state index is 11.8. The van der Waals surface area contributed by atoms with Gasteiger partial charge in [-0.15, -0.1) is 0 Å². The van der Waals surface area contributed by atoms with Crippen LogP contribution in [-0.4, -0.2) is 14.5 Å². The smallest absolute Gasteiger partial charge is 0.288 e. The number of aryl methyl sites for hydroxylation is 1. The molecular formula is C11H12ClN3O. The van der Waals surface area contributed by atoms with Crippen molar-refractivity contribution >= 4 is 22.8 Å². The van der Waals surface area contributed by atoms with Gasteiger partial charge in [0.1, 0.15) is 0 Å². The predicted molar refractivity (Wildman–Crippen MR) is 63.7 cm³/mol. The molecule has 0 aromatic carbocycles. The van der Waals surface area contributed by atoms with Gasteiger partial charge in [0.2, 0.25) is 0 Å². The van der Waals surface area contributed by atoms with Crippen molar-refractivity contribution in [2.45, 2.75) is 26.3 Å². The number of hydrogen-bond donors (Lipinski definition) is 0. The van der Waals surface area contributed by atoms with Crippen LogP contribution in [0.1, 0.15) is 19.8 Å². The number of nitrogens with zero attached hydrogens (tertiary/aromatic N) is 3. The molecule has 0 fully saturated rings. The van der Waals surface area contributed by atoms with Crippen molar-refractivity contribution in [1.82, 2.24) is 14.5 Å². The summed E-state index contributed by atoms with van der Waals surface area (Å²) < 4.78 is 1.64. The number of halogens is 1. The molecule has 2 heterocycles. The Morgan fingerprint density at radius 1 is 1.50 bits per heavy atom. The van der Waals surface area contributed by atoms with E-state index in [-0.39, 0.29) is 10.7 Å². The van der Waals surface area contributed by atoms with Gasteiger partial charge in [-0.2, -0.15) is 0 Å². The third-order valence-corrected chi connectivity index (χ3v) is 2.66. The molecule has 4 nitrogen and oxygen atoms in total. The van der Waals surface area contributed by atoms with Gasteiger partial charge in [-0.1, -0.05) is 24.9 Å². The summed E-state index contributed by atoms with van der Waals surface area (Å²) in [7, 11) is 0. The third kappa shape index (κ3) is 1.93. The van der Waals surface area contributed by atoms with Gasteiger partial charge in [0, 0.05) is 12.7 Å². The minimum atomic E-state index is -0.240. The second kappa shape index (κ2) is 4.61. The van der Waals surface area contributed by atoms with E-state index in [1.807, 2.05) is 6.07 Å². The SMILES string of the molecule is CCCCn1c(=O)c(Cl)nc2ncccc21. The molecule has 0 atom stereocenters. The molecule has 0 bridgehead atoms. The van der Waals surface area contributed by atoms with Crippen LogP contribution in [0.3, 0.4) is 0 Å². The normalized spacial score (nSPS) is 10.9. The summed E-state index contributed by atoms with van der Waals surface area (Å²) in [5, 5.41) is -0.0118. The molecule has 0 saturated heterocycles. The molecule has 2 aromatic heterocycles. The highest BCUT2D eigenvalue weighted by Crippen LogP contribution is 2.10. The molecule has 0 saturated carbocycles. The molecule has 0 aliphatic rings. The van der Waals surface area contributed by atoms with E-state index in [0.717, 1.165) is 18.4 Å². The Hall–Kier alpha value is -1.42. The Kier molecular flexibility index (Phi) is 3.19. The quantitative estimate of drug-likeness (QED) is 0.823. The first-order chi connectivity index (χ1) is 7.74. The number of unbranched alkanes of at least 4 members (excludes halogenated alkanes) is 1. The van der Waals surface area contributed by atoms with Crippen molar-refractivity contribution in [3.8, 4) is 0 Å². The number of aromatic nitrogens is 3. The second-order valence-electron chi connectivity index (χ2n) is 3.56.